The topological polar surface area (TPSA) is 54.7 Å². The molecule has 0 aliphatic heterocycles. The van der Waals surface area contributed by atoms with Crippen LogP contribution in [0.4, 0.5) is 13.2 Å². The zero-order chi connectivity index (χ0) is 12.8. The lowest BCUT2D eigenvalue weighted by atomic mass is 10.2. The van der Waals surface area contributed by atoms with Gasteiger partial charge in [-0.15, -0.1) is 0 Å². The van der Waals surface area contributed by atoms with Crippen molar-refractivity contribution in [3.8, 4) is 11.4 Å². The van der Waals surface area contributed by atoms with E-state index in [9.17, 15) is 13.2 Å². The zero-order valence-corrected chi connectivity index (χ0v) is 8.82. The van der Waals surface area contributed by atoms with E-state index >= 15 is 0 Å². The zero-order valence-electron chi connectivity index (χ0n) is 8.82. The number of nitrogens with zero attached hydrogens (tertiary/aromatic N) is 2. The van der Waals surface area contributed by atoms with Gasteiger partial charge in [-0.2, -0.15) is 18.2 Å². The molecule has 0 spiro atoms. The smallest absolute Gasteiger partial charge is 0.360 e. The van der Waals surface area contributed by atoms with E-state index in [1.165, 1.54) is 0 Å². The summed E-state index contributed by atoms with van der Waals surface area (Å²) in [7, 11) is 0. The molecule has 0 saturated carbocycles. The Morgan fingerprint density at radius 3 is 2.67 bits per heavy atom. The van der Waals surface area contributed by atoms with Crippen molar-refractivity contribution in [2.24, 2.45) is 0 Å². The first-order valence-electron chi connectivity index (χ1n) is 5.03. The maximum Gasteiger partial charge on any atom is 0.471 e. The van der Waals surface area contributed by atoms with Crippen LogP contribution in [0.5, 0.6) is 0 Å². The highest BCUT2D eigenvalue weighted by Gasteiger charge is 2.38. The van der Waals surface area contributed by atoms with Gasteiger partial charge in [0.05, 0.1) is 0 Å². The Kier molecular flexibility index (Phi) is 2.16. The molecular weight excluding hydrogens is 247 g/mol. The monoisotopic (exact) mass is 253 g/mol. The number of rotatable bonds is 1. The van der Waals surface area contributed by atoms with E-state index < -0.39 is 12.1 Å². The van der Waals surface area contributed by atoms with E-state index in [-0.39, 0.29) is 5.82 Å². The number of fused-ring (bicyclic) bond motifs is 1. The van der Waals surface area contributed by atoms with E-state index in [0.29, 0.717) is 5.56 Å². The van der Waals surface area contributed by atoms with Gasteiger partial charge in [0.25, 0.3) is 0 Å². The molecule has 0 fully saturated rings. The minimum atomic E-state index is -4.63. The van der Waals surface area contributed by atoms with Gasteiger partial charge in [0.2, 0.25) is 5.82 Å². The Morgan fingerprint density at radius 2 is 1.94 bits per heavy atom. The molecule has 2 aromatic heterocycles. The molecule has 0 saturated heterocycles. The van der Waals surface area contributed by atoms with Crippen LogP contribution in [0.1, 0.15) is 5.89 Å². The van der Waals surface area contributed by atoms with Gasteiger partial charge in [-0.3, -0.25) is 0 Å². The van der Waals surface area contributed by atoms with E-state index in [2.05, 4.69) is 19.6 Å². The molecule has 0 bridgehead atoms. The predicted octanol–water partition coefficient (Wildman–Crippen LogP) is 3.24. The Balaban J connectivity index is 2.13. The standard InChI is InChI=1S/C11H6F3N3O/c12-11(13,14)10-16-9(17-18-10)7-5-15-8-4-2-1-3-6(7)8/h1-5,15H. The molecule has 0 aliphatic rings. The molecule has 0 atom stereocenters. The van der Waals surface area contributed by atoms with Gasteiger partial charge in [0, 0.05) is 22.7 Å². The van der Waals surface area contributed by atoms with Crippen LogP contribution in [0.2, 0.25) is 0 Å². The SMILES string of the molecule is FC(F)(F)c1nc(-c2c[nH]c3ccccc23)no1. The van der Waals surface area contributed by atoms with Crippen molar-refractivity contribution in [3.05, 3.63) is 36.4 Å². The lowest BCUT2D eigenvalue weighted by molar-refractivity contribution is -0.159. The largest absolute Gasteiger partial charge is 0.471 e. The summed E-state index contributed by atoms with van der Waals surface area (Å²) in [5, 5.41) is 4.09. The van der Waals surface area contributed by atoms with Crippen LogP contribution in [-0.2, 0) is 6.18 Å². The second kappa shape index (κ2) is 3.59. The summed E-state index contributed by atoms with van der Waals surface area (Å²) in [6.45, 7) is 0. The first-order valence-corrected chi connectivity index (χ1v) is 5.03. The van der Waals surface area contributed by atoms with Gasteiger partial charge in [-0.05, 0) is 6.07 Å². The van der Waals surface area contributed by atoms with Crippen LogP contribution in [0.3, 0.4) is 0 Å². The molecule has 2 heterocycles. The lowest BCUT2D eigenvalue weighted by Gasteiger charge is -1.95. The quantitative estimate of drug-likeness (QED) is 0.724. The van der Waals surface area contributed by atoms with E-state index in [1.807, 2.05) is 12.1 Å². The first kappa shape index (κ1) is 10.8. The number of benzene rings is 1. The maximum atomic E-state index is 12.4. The normalized spacial score (nSPS) is 12.2. The third kappa shape index (κ3) is 1.64. The van der Waals surface area contributed by atoms with E-state index in [4.69, 9.17) is 0 Å². The van der Waals surface area contributed by atoms with Crippen molar-refractivity contribution >= 4 is 10.9 Å². The molecule has 1 aromatic carbocycles. The molecule has 1 N–H and O–H groups in total. The number of halogens is 3. The molecule has 92 valence electrons. The molecule has 0 unspecified atom stereocenters. The highest BCUT2D eigenvalue weighted by Crippen LogP contribution is 2.31. The Morgan fingerprint density at radius 1 is 1.17 bits per heavy atom. The fourth-order valence-corrected chi connectivity index (χ4v) is 1.70. The highest BCUT2D eigenvalue weighted by atomic mass is 19.4. The number of aromatic amines is 1. The van der Waals surface area contributed by atoms with Gasteiger partial charge in [0.15, 0.2) is 0 Å². The summed E-state index contributed by atoms with van der Waals surface area (Å²) in [6, 6.07) is 7.18. The number of hydrogen-bond donors (Lipinski definition) is 1. The summed E-state index contributed by atoms with van der Waals surface area (Å²) < 4.78 is 41.3. The van der Waals surface area contributed by atoms with Crippen molar-refractivity contribution < 1.29 is 17.7 Å². The number of alkyl halides is 3. The fraction of sp³-hybridized carbons (Fsp3) is 0.0909. The molecule has 4 nitrogen and oxygen atoms in total. The summed E-state index contributed by atoms with van der Waals surface area (Å²) in [5.74, 6) is -1.43. The van der Waals surface area contributed by atoms with Gasteiger partial charge >= 0.3 is 12.1 Å². The number of H-pyrrole nitrogens is 1. The van der Waals surface area contributed by atoms with Crippen molar-refractivity contribution in [2.45, 2.75) is 6.18 Å². The predicted molar refractivity (Wildman–Crippen MR) is 56.6 cm³/mol. The summed E-state index contributed by atoms with van der Waals surface area (Å²) in [5.41, 5.74) is 1.27. The Hall–Kier alpha value is -2.31. The van der Waals surface area contributed by atoms with Crippen LogP contribution in [0.15, 0.2) is 35.0 Å². The second-order valence-corrected chi connectivity index (χ2v) is 3.67. The number of hydrogen-bond acceptors (Lipinski definition) is 3. The second-order valence-electron chi connectivity index (χ2n) is 3.67. The Bertz CT molecular complexity index is 699. The van der Waals surface area contributed by atoms with Crippen LogP contribution in [0, 0.1) is 0 Å². The number of aromatic nitrogens is 3. The molecule has 3 aromatic rings. The van der Waals surface area contributed by atoms with E-state index in [1.54, 1.807) is 18.3 Å². The third-order valence-corrected chi connectivity index (χ3v) is 2.50. The van der Waals surface area contributed by atoms with Crippen LogP contribution < -0.4 is 0 Å². The van der Waals surface area contributed by atoms with Crippen LogP contribution in [0.25, 0.3) is 22.3 Å². The minimum absolute atomic E-state index is 0.0835. The van der Waals surface area contributed by atoms with Crippen molar-refractivity contribution in [1.82, 2.24) is 15.1 Å². The lowest BCUT2D eigenvalue weighted by Crippen LogP contribution is -2.04. The molecule has 7 heteroatoms. The first-order chi connectivity index (χ1) is 8.55. The van der Waals surface area contributed by atoms with Gasteiger partial charge < -0.3 is 9.51 Å². The fourth-order valence-electron chi connectivity index (χ4n) is 1.70. The molecular formula is C11H6F3N3O. The molecule has 18 heavy (non-hydrogen) atoms. The summed E-state index contributed by atoms with van der Waals surface area (Å²) >= 11 is 0. The average Bonchev–Trinajstić information content (AvgIpc) is 2.94. The van der Waals surface area contributed by atoms with E-state index in [0.717, 1.165) is 10.9 Å². The highest BCUT2D eigenvalue weighted by molar-refractivity contribution is 5.93. The van der Waals surface area contributed by atoms with Crippen molar-refractivity contribution in [1.29, 1.82) is 0 Å². The third-order valence-electron chi connectivity index (χ3n) is 2.50. The van der Waals surface area contributed by atoms with Crippen molar-refractivity contribution in [3.63, 3.8) is 0 Å². The van der Waals surface area contributed by atoms with Crippen LogP contribution >= 0.6 is 0 Å². The van der Waals surface area contributed by atoms with Crippen molar-refractivity contribution in [2.75, 3.05) is 0 Å². The maximum absolute atomic E-state index is 12.4. The van der Waals surface area contributed by atoms with Gasteiger partial charge in [-0.1, -0.05) is 23.4 Å². The summed E-state index contributed by atoms with van der Waals surface area (Å²) in [4.78, 5) is 6.28. The van der Waals surface area contributed by atoms with Crippen LogP contribution in [-0.4, -0.2) is 15.1 Å². The number of para-hydroxylation sites is 1. The summed E-state index contributed by atoms with van der Waals surface area (Å²) in [6.07, 6.45) is -3.08. The van der Waals surface area contributed by atoms with Gasteiger partial charge in [0.1, 0.15) is 0 Å². The molecule has 0 radical (unpaired) electrons. The number of nitrogens with one attached hydrogen (secondary N) is 1. The average molecular weight is 253 g/mol. The molecule has 3 rings (SSSR count). The molecule has 0 aliphatic carbocycles. The Labute approximate surface area is 98.4 Å². The molecule has 0 amide bonds. The van der Waals surface area contributed by atoms with Gasteiger partial charge in [-0.25, -0.2) is 0 Å². The minimum Gasteiger partial charge on any atom is -0.360 e.